The van der Waals surface area contributed by atoms with Crippen LogP contribution in [0.25, 0.3) is 0 Å². The Morgan fingerprint density at radius 1 is 1.25 bits per heavy atom. The standard InChI is InChI=1S/C11H20N3O13P3S2/c1-31-32-6-23-7-4-10(14-3-2-9(12)13-11(14)15)25-8(7)5-24-29(19,20)27-30(21,22)26-28(16,17)18/h2-3,7-8,10H,4-6H2,1H3,(H,19,20)(H,21,22)(H2,12,13,15)(H2,16,17,18)/t7-,8?,10?/m0/s1. The molecule has 21 heteroatoms. The van der Waals surface area contributed by atoms with Crippen molar-refractivity contribution in [3.63, 3.8) is 0 Å². The third kappa shape index (κ3) is 9.16. The van der Waals surface area contributed by atoms with Gasteiger partial charge in [-0.05, 0) is 12.3 Å². The number of rotatable bonds is 12. The van der Waals surface area contributed by atoms with Gasteiger partial charge in [0, 0.05) is 12.6 Å². The van der Waals surface area contributed by atoms with Gasteiger partial charge in [-0.25, -0.2) is 18.5 Å². The smallest absolute Gasteiger partial charge is 0.383 e. The Balaban J connectivity index is 2.08. The monoisotopic (exact) mass is 559 g/mol. The van der Waals surface area contributed by atoms with E-state index in [9.17, 15) is 28.3 Å². The maximum absolute atomic E-state index is 12.1. The molecule has 184 valence electrons. The fraction of sp³-hybridized carbons (Fsp3) is 0.636. The number of nitrogens with two attached hydrogens (primary N) is 1. The van der Waals surface area contributed by atoms with Gasteiger partial charge in [0.25, 0.3) is 0 Å². The van der Waals surface area contributed by atoms with Crippen LogP contribution in [0.15, 0.2) is 17.1 Å². The Morgan fingerprint density at radius 2 is 1.94 bits per heavy atom. The Hall–Kier alpha value is -0.290. The van der Waals surface area contributed by atoms with E-state index in [2.05, 4.69) is 18.1 Å². The molecule has 0 amide bonds. The average Bonchev–Trinajstić information content (AvgIpc) is 3.00. The molecule has 0 bridgehead atoms. The Morgan fingerprint density at radius 3 is 2.53 bits per heavy atom. The van der Waals surface area contributed by atoms with Gasteiger partial charge in [0.05, 0.1) is 12.7 Å². The van der Waals surface area contributed by atoms with Crippen LogP contribution in [0.2, 0.25) is 0 Å². The lowest BCUT2D eigenvalue weighted by atomic mass is 10.2. The summed E-state index contributed by atoms with van der Waals surface area (Å²) in [6, 6.07) is 1.36. The van der Waals surface area contributed by atoms with Crippen LogP contribution in [-0.2, 0) is 36.3 Å². The number of aromatic nitrogens is 2. The molecule has 2 rings (SSSR count). The highest BCUT2D eigenvalue weighted by atomic mass is 33.1. The number of phosphoric ester groups is 1. The number of anilines is 1. The van der Waals surface area contributed by atoms with E-state index < -0.39 is 54.2 Å². The molecule has 1 fully saturated rings. The molecular weight excluding hydrogens is 539 g/mol. The maximum Gasteiger partial charge on any atom is 0.490 e. The van der Waals surface area contributed by atoms with Crippen LogP contribution in [-0.4, -0.2) is 60.1 Å². The molecule has 0 radical (unpaired) electrons. The molecule has 6 N–H and O–H groups in total. The first kappa shape index (κ1) is 28.0. The summed E-state index contributed by atoms with van der Waals surface area (Å²) in [5.41, 5.74) is 4.75. The highest BCUT2D eigenvalue weighted by Gasteiger charge is 2.43. The zero-order valence-corrected chi connectivity index (χ0v) is 20.4. The Bertz CT molecular complexity index is 989. The van der Waals surface area contributed by atoms with E-state index in [1.807, 2.05) is 6.26 Å². The van der Waals surface area contributed by atoms with Gasteiger partial charge in [-0.2, -0.15) is 13.6 Å². The van der Waals surface area contributed by atoms with Gasteiger partial charge in [0.15, 0.2) is 0 Å². The molecule has 1 aliphatic rings. The molecule has 1 aromatic rings. The van der Waals surface area contributed by atoms with Crippen molar-refractivity contribution in [2.75, 3.05) is 24.5 Å². The number of nitrogen functional groups attached to an aromatic ring is 1. The first-order chi connectivity index (χ1) is 14.7. The molecule has 32 heavy (non-hydrogen) atoms. The lowest BCUT2D eigenvalue weighted by Crippen LogP contribution is -2.29. The van der Waals surface area contributed by atoms with Crippen molar-refractivity contribution < 1.29 is 55.9 Å². The first-order valence-corrected chi connectivity index (χ1v) is 15.5. The predicted octanol–water partition coefficient (Wildman–Crippen LogP) is 0.810. The van der Waals surface area contributed by atoms with Crippen LogP contribution in [0.3, 0.4) is 0 Å². The van der Waals surface area contributed by atoms with Crippen LogP contribution in [0.4, 0.5) is 5.82 Å². The second-order valence-electron chi connectivity index (χ2n) is 5.90. The number of hydrogen-bond donors (Lipinski definition) is 5. The van der Waals surface area contributed by atoms with E-state index >= 15 is 0 Å². The van der Waals surface area contributed by atoms with Gasteiger partial charge in [-0.3, -0.25) is 9.09 Å². The van der Waals surface area contributed by atoms with E-state index in [4.69, 9.17) is 25.0 Å². The second kappa shape index (κ2) is 11.4. The normalized spacial score (nSPS) is 25.3. The summed E-state index contributed by atoms with van der Waals surface area (Å²) in [5, 5.41) is 0. The molecule has 16 nitrogen and oxygen atoms in total. The van der Waals surface area contributed by atoms with Gasteiger partial charge >= 0.3 is 29.2 Å². The summed E-state index contributed by atoms with van der Waals surface area (Å²) < 4.78 is 58.4. The van der Waals surface area contributed by atoms with Crippen molar-refractivity contribution in [2.45, 2.75) is 24.9 Å². The van der Waals surface area contributed by atoms with Gasteiger partial charge in [-0.1, -0.05) is 21.6 Å². The third-order valence-electron chi connectivity index (χ3n) is 3.61. The zero-order chi connectivity index (χ0) is 24.2. The van der Waals surface area contributed by atoms with Crippen LogP contribution >= 0.6 is 45.1 Å². The number of phosphoric acid groups is 3. The van der Waals surface area contributed by atoms with Crippen molar-refractivity contribution in [1.82, 2.24) is 9.55 Å². The van der Waals surface area contributed by atoms with E-state index in [1.54, 1.807) is 0 Å². The van der Waals surface area contributed by atoms with E-state index in [0.29, 0.717) is 0 Å². The topological polar surface area (TPSA) is 239 Å². The minimum atomic E-state index is -5.65. The van der Waals surface area contributed by atoms with Crippen molar-refractivity contribution in [3.8, 4) is 0 Å². The summed E-state index contributed by atoms with van der Waals surface area (Å²) in [7, 11) is -13.7. The van der Waals surface area contributed by atoms with Gasteiger partial charge in [-0.15, -0.1) is 0 Å². The fourth-order valence-electron chi connectivity index (χ4n) is 2.48. The molecule has 1 aromatic heterocycles. The number of hydrogen-bond acceptors (Lipinski definition) is 13. The second-order valence-corrected chi connectivity index (χ2v) is 12.8. The molecule has 2 heterocycles. The molecule has 0 saturated carbocycles. The summed E-state index contributed by atoms with van der Waals surface area (Å²) in [4.78, 5) is 51.6. The van der Waals surface area contributed by atoms with Crippen molar-refractivity contribution in [3.05, 3.63) is 22.7 Å². The molecule has 0 spiro atoms. The summed E-state index contributed by atoms with van der Waals surface area (Å²) in [6.45, 7) is -0.716. The van der Waals surface area contributed by atoms with Gasteiger partial charge in [0.1, 0.15) is 24.1 Å². The number of nitrogens with zero attached hydrogens (tertiary/aromatic N) is 2. The van der Waals surface area contributed by atoms with Crippen LogP contribution in [0.1, 0.15) is 12.6 Å². The predicted molar refractivity (Wildman–Crippen MR) is 112 cm³/mol. The van der Waals surface area contributed by atoms with Gasteiger partial charge < -0.3 is 34.8 Å². The number of ether oxygens (including phenoxy) is 2. The maximum atomic E-state index is 12.1. The largest absolute Gasteiger partial charge is 0.490 e. The first-order valence-electron chi connectivity index (χ1n) is 8.27. The lowest BCUT2D eigenvalue weighted by Gasteiger charge is -2.21. The van der Waals surface area contributed by atoms with Gasteiger partial charge in [0.2, 0.25) is 0 Å². The fourth-order valence-corrected chi connectivity index (χ4v) is 6.29. The molecular formula is C11H20N3O13P3S2. The zero-order valence-electron chi connectivity index (χ0n) is 16.1. The van der Waals surface area contributed by atoms with E-state index in [-0.39, 0.29) is 18.2 Å². The van der Waals surface area contributed by atoms with Crippen LogP contribution < -0.4 is 11.4 Å². The lowest BCUT2D eigenvalue weighted by molar-refractivity contribution is -0.0542. The highest BCUT2D eigenvalue weighted by Crippen LogP contribution is 2.66. The van der Waals surface area contributed by atoms with E-state index in [0.717, 1.165) is 4.57 Å². The Labute approximate surface area is 188 Å². The summed E-state index contributed by atoms with van der Waals surface area (Å²) in [6.07, 6.45) is 0.593. The summed E-state index contributed by atoms with van der Waals surface area (Å²) in [5.74, 6) is 0.195. The minimum Gasteiger partial charge on any atom is -0.383 e. The summed E-state index contributed by atoms with van der Waals surface area (Å²) >= 11 is 0. The molecule has 1 aliphatic heterocycles. The Kier molecular flexibility index (Phi) is 9.98. The average molecular weight is 559 g/mol. The van der Waals surface area contributed by atoms with E-state index in [1.165, 1.54) is 33.9 Å². The minimum absolute atomic E-state index is 0.00220. The van der Waals surface area contributed by atoms with Crippen molar-refractivity contribution >= 4 is 50.9 Å². The van der Waals surface area contributed by atoms with Crippen molar-refractivity contribution in [1.29, 1.82) is 0 Å². The van der Waals surface area contributed by atoms with Crippen LogP contribution in [0.5, 0.6) is 0 Å². The molecule has 1 saturated heterocycles. The highest BCUT2D eigenvalue weighted by molar-refractivity contribution is 8.76. The SMILES string of the molecule is CSSCO[C@H]1CC(n2ccc(N)nc2=O)OC1COP(=O)(O)OP(=O)(O)OP(=O)(O)O. The molecule has 4 unspecified atom stereocenters. The van der Waals surface area contributed by atoms with Crippen LogP contribution in [0, 0.1) is 0 Å². The molecule has 5 atom stereocenters. The molecule has 0 aromatic carbocycles. The van der Waals surface area contributed by atoms with Crippen molar-refractivity contribution in [2.24, 2.45) is 0 Å². The third-order valence-corrected chi connectivity index (χ3v) is 8.87. The molecule has 0 aliphatic carbocycles. The quantitative estimate of drug-likeness (QED) is 0.103.